The first kappa shape index (κ1) is 32.7. The van der Waals surface area contributed by atoms with Gasteiger partial charge >= 0.3 is 0 Å². The van der Waals surface area contributed by atoms with Gasteiger partial charge in [-0.1, -0.05) is 90.2 Å². The first-order valence-corrected chi connectivity index (χ1v) is 17.2. The van der Waals surface area contributed by atoms with Crippen LogP contribution in [0, 0.1) is 22.7 Å². The standard InChI is InChI=1S/C38H38N6O4/c1-3-5-7-9-11-15-19-43-35(45)27-23(21-39)24(22-40)28-30-29(27)31(37(43)47)33-34(42-26-18-14-13-17-25(26)41-33)32(30)38(48)44(36(28)46)20-16-12-10-8-6-4-2/h13-14,17-18H,3-12,15-16,19-20H2,1-2H3. The van der Waals surface area contributed by atoms with Crippen molar-refractivity contribution >= 4 is 56.5 Å². The Morgan fingerprint density at radius 2 is 0.896 bits per heavy atom. The molecule has 1 aromatic heterocycles. The highest BCUT2D eigenvalue weighted by molar-refractivity contribution is 6.39. The molecule has 0 aliphatic carbocycles. The van der Waals surface area contributed by atoms with E-state index in [9.17, 15) is 29.7 Å². The molecule has 10 nitrogen and oxygen atoms in total. The number of benzene rings is 3. The Hall–Kier alpha value is -5.22. The van der Waals surface area contributed by atoms with Crippen LogP contribution in [0.15, 0.2) is 24.3 Å². The molecule has 3 aromatic carbocycles. The van der Waals surface area contributed by atoms with E-state index in [4.69, 9.17) is 9.97 Å². The molecule has 0 spiro atoms. The number of fused-ring (bicyclic) bond motifs is 4. The Bertz CT molecular complexity index is 1940. The minimum absolute atomic E-state index is 0.0230. The van der Waals surface area contributed by atoms with Crippen molar-refractivity contribution in [2.75, 3.05) is 13.1 Å². The number of hydrogen-bond donors (Lipinski definition) is 0. The van der Waals surface area contributed by atoms with Crippen molar-refractivity contribution in [1.29, 1.82) is 10.5 Å². The maximum absolute atomic E-state index is 14.4. The first-order valence-electron chi connectivity index (χ1n) is 17.2. The molecule has 48 heavy (non-hydrogen) atoms. The summed E-state index contributed by atoms with van der Waals surface area (Å²) in [5, 5.41) is 20.9. The zero-order valence-corrected chi connectivity index (χ0v) is 27.5. The highest BCUT2D eigenvalue weighted by Gasteiger charge is 2.45. The Labute approximate surface area is 279 Å². The van der Waals surface area contributed by atoms with Gasteiger partial charge in [0.1, 0.15) is 23.2 Å². The van der Waals surface area contributed by atoms with Gasteiger partial charge in [0.05, 0.1) is 44.4 Å². The summed E-state index contributed by atoms with van der Waals surface area (Å²) in [6, 6.07) is 11.1. The second-order valence-electron chi connectivity index (χ2n) is 12.7. The average molecular weight is 643 g/mol. The molecule has 0 radical (unpaired) electrons. The van der Waals surface area contributed by atoms with Crippen LogP contribution >= 0.6 is 0 Å². The summed E-state index contributed by atoms with van der Waals surface area (Å²) in [6.07, 6.45) is 11.2. The van der Waals surface area contributed by atoms with E-state index >= 15 is 0 Å². The molecule has 0 unspecified atom stereocenters. The molecule has 10 heteroatoms. The molecule has 6 rings (SSSR count). The summed E-state index contributed by atoms with van der Waals surface area (Å²) in [6.45, 7) is 4.50. The van der Waals surface area contributed by atoms with Gasteiger partial charge in [-0.05, 0) is 25.0 Å². The number of carbonyl (C=O) groups excluding carboxylic acids is 4. The lowest BCUT2D eigenvalue weighted by Crippen LogP contribution is -2.45. The number of hydrogen-bond acceptors (Lipinski definition) is 8. The van der Waals surface area contributed by atoms with Gasteiger partial charge in [0.25, 0.3) is 23.6 Å². The van der Waals surface area contributed by atoms with Crippen molar-refractivity contribution in [3.05, 3.63) is 57.6 Å². The fourth-order valence-corrected chi connectivity index (χ4v) is 7.13. The van der Waals surface area contributed by atoms with Gasteiger partial charge in [0.15, 0.2) is 0 Å². The Morgan fingerprint density at radius 3 is 1.27 bits per heavy atom. The quantitative estimate of drug-likeness (QED) is 0.0776. The van der Waals surface area contributed by atoms with E-state index in [2.05, 4.69) is 13.8 Å². The van der Waals surface area contributed by atoms with Crippen molar-refractivity contribution in [3.63, 3.8) is 0 Å². The van der Waals surface area contributed by atoms with E-state index < -0.39 is 23.6 Å². The van der Waals surface area contributed by atoms with Crippen LogP contribution in [-0.2, 0) is 0 Å². The molecule has 0 atom stereocenters. The highest BCUT2D eigenvalue weighted by Crippen LogP contribution is 2.45. The zero-order chi connectivity index (χ0) is 33.9. The number of rotatable bonds is 14. The number of nitrogens with zero attached hydrogens (tertiary/aromatic N) is 6. The van der Waals surface area contributed by atoms with Crippen molar-refractivity contribution in [1.82, 2.24) is 19.8 Å². The third kappa shape index (κ3) is 5.35. The number of carbonyl (C=O) groups is 4. The lowest BCUT2D eigenvalue weighted by atomic mass is 9.79. The summed E-state index contributed by atoms with van der Waals surface area (Å²) < 4.78 is 0. The molecule has 2 aliphatic heterocycles. The van der Waals surface area contributed by atoms with E-state index in [1.165, 1.54) is 0 Å². The number of aromatic nitrogens is 2. The number of unbranched alkanes of at least 4 members (excludes halogenated alkanes) is 10. The predicted octanol–water partition coefficient (Wildman–Crippen LogP) is 7.59. The molecule has 4 amide bonds. The topological polar surface area (TPSA) is 148 Å². The molecule has 244 valence electrons. The van der Waals surface area contributed by atoms with Crippen LogP contribution in [-0.4, -0.2) is 56.5 Å². The molecule has 2 aliphatic rings. The first-order chi connectivity index (χ1) is 23.4. The van der Waals surface area contributed by atoms with Gasteiger partial charge < -0.3 is 0 Å². The van der Waals surface area contributed by atoms with Gasteiger partial charge in [-0.25, -0.2) is 9.97 Å². The predicted molar refractivity (Wildman–Crippen MR) is 181 cm³/mol. The van der Waals surface area contributed by atoms with E-state index in [1.54, 1.807) is 24.3 Å². The van der Waals surface area contributed by atoms with Crippen LogP contribution in [0.25, 0.3) is 32.8 Å². The lowest BCUT2D eigenvalue weighted by molar-refractivity contribution is 0.0587. The second-order valence-corrected chi connectivity index (χ2v) is 12.7. The number of imide groups is 2. The second kappa shape index (κ2) is 13.9. The lowest BCUT2D eigenvalue weighted by Gasteiger charge is -2.34. The van der Waals surface area contributed by atoms with E-state index in [1.807, 2.05) is 12.1 Å². The molecule has 0 fully saturated rings. The maximum atomic E-state index is 14.4. The number of nitriles is 2. The minimum atomic E-state index is -0.714. The van der Waals surface area contributed by atoms with Crippen molar-refractivity contribution in [2.24, 2.45) is 0 Å². The Morgan fingerprint density at radius 1 is 0.542 bits per heavy atom. The third-order valence-corrected chi connectivity index (χ3v) is 9.57. The van der Waals surface area contributed by atoms with Gasteiger partial charge in [-0.15, -0.1) is 0 Å². The van der Waals surface area contributed by atoms with Gasteiger partial charge in [-0.2, -0.15) is 10.5 Å². The fraction of sp³-hybridized carbons (Fsp3) is 0.421. The molecule has 0 N–H and O–H groups in total. The Kier molecular flexibility index (Phi) is 9.45. The summed E-state index contributed by atoms with van der Waals surface area (Å²) in [5.41, 5.74) is 0.450. The van der Waals surface area contributed by atoms with Crippen LogP contribution in [0.2, 0.25) is 0 Å². The number of para-hydroxylation sites is 2. The fourth-order valence-electron chi connectivity index (χ4n) is 7.13. The third-order valence-electron chi connectivity index (χ3n) is 9.57. The molecule has 0 saturated carbocycles. The molecule has 3 heterocycles. The van der Waals surface area contributed by atoms with E-state index in [-0.39, 0.29) is 68.3 Å². The van der Waals surface area contributed by atoms with Crippen molar-refractivity contribution < 1.29 is 19.2 Å². The molecular weight excluding hydrogens is 604 g/mol. The monoisotopic (exact) mass is 642 g/mol. The van der Waals surface area contributed by atoms with Crippen LogP contribution < -0.4 is 0 Å². The van der Waals surface area contributed by atoms with Gasteiger partial charge in [-0.3, -0.25) is 29.0 Å². The molecule has 0 bridgehead atoms. The van der Waals surface area contributed by atoms with Crippen molar-refractivity contribution in [3.8, 4) is 12.1 Å². The minimum Gasteiger partial charge on any atom is -0.274 e. The normalized spacial score (nSPS) is 14.0. The van der Waals surface area contributed by atoms with Crippen LogP contribution in [0.1, 0.15) is 143 Å². The summed E-state index contributed by atoms with van der Waals surface area (Å²) in [7, 11) is 0. The molecule has 4 aromatic rings. The van der Waals surface area contributed by atoms with Gasteiger partial charge in [0, 0.05) is 23.9 Å². The molecular formula is C38H38N6O4. The average Bonchev–Trinajstić information content (AvgIpc) is 3.09. The van der Waals surface area contributed by atoms with Crippen LogP contribution in [0.4, 0.5) is 0 Å². The summed E-state index contributed by atoms with van der Waals surface area (Å²) in [4.78, 5) is 69.1. The van der Waals surface area contributed by atoms with Crippen LogP contribution in [0.5, 0.6) is 0 Å². The molecule has 0 saturated heterocycles. The van der Waals surface area contributed by atoms with Crippen LogP contribution in [0.3, 0.4) is 0 Å². The summed E-state index contributed by atoms with van der Waals surface area (Å²) in [5.74, 6) is -2.66. The smallest absolute Gasteiger partial charge is 0.263 e. The van der Waals surface area contributed by atoms with Gasteiger partial charge in [0.2, 0.25) is 0 Å². The van der Waals surface area contributed by atoms with E-state index in [0.29, 0.717) is 23.9 Å². The Balaban J connectivity index is 1.59. The van der Waals surface area contributed by atoms with Crippen molar-refractivity contribution in [2.45, 2.75) is 90.9 Å². The summed E-state index contributed by atoms with van der Waals surface area (Å²) >= 11 is 0. The SMILES string of the molecule is CCCCCCCCN1C(=O)c2c(C#N)c(C#N)c3c4c(c5nc6ccccc6nc5c(c24)C1=O)C(=O)N(CCCCCCCC)C3=O. The zero-order valence-electron chi connectivity index (χ0n) is 27.5. The maximum Gasteiger partial charge on any atom is 0.263 e. The van der Waals surface area contributed by atoms with E-state index in [0.717, 1.165) is 74.0 Å². The largest absolute Gasteiger partial charge is 0.274 e. The highest BCUT2D eigenvalue weighted by atomic mass is 16.2. The number of amides is 4.